The molecule has 1 nitrogen and oxygen atoms in total. The van der Waals surface area contributed by atoms with E-state index in [4.69, 9.17) is 7.85 Å². The zero-order valence-electron chi connectivity index (χ0n) is 6.30. The van der Waals surface area contributed by atoms with Crippen LogP contribution in [0.25, 0.3) is 0 Å². The number of rotatable bonds is 0. The van der Waals surface area contributed by atoms with E-state index in [9.17, 15) is 0 Å². The average molecular weight is 123 g/mol. The molecule has 1 rings (SSSR count). The highest BCUT2D eigenvalue weighted by atomic mass is 15.1. The number of likely N-dealkylation sites (tertiary alicyclic amines) is 1. The first-order chi connectivity index (χ1) is 4.20. The largest absolute Gasteiger partial charge is 0.306 e. The molecule has 1 heterocycles. The van der Waals surface area contributed by atoms with Crippen molar-refractivity contribution >= 4 is 7.85 Å². The van der Waals surface area contributed by atoms with Crippen LogP contribution in [0.1, 0.15) is 13.3 Å². The lowest BCUT2D eigenvalue weighted by atomic mass is 9.73. The van der Waals surface area contributed by atoms with E-state index in [1.807, 2.05) is 0 Å². The molecule has 1 aliphatic heterocycles. The van der Waals surface area contributed by atoms with Crippen molar-refractivity contribution in [3.8, 4) is 0 Å². The predicted molar refractivity (Wildman–Crippen MR) is 40.8 cm³/mol. The molecule has 0 aromatic carbocycles. The Kier molecular flexibility index (Phi) is 2.17. The van der Waals surface area contributed by atoms with Crippen LogP contribution in [0.5, 0.6) is 0 Å². The molecule has 9 heavy (non-hydrogen) atoms. The van der Waals surface area contributed by atoms with Crippen molar-refractivity contribution in [2.24, 2.45) is 5.92 Å². The van der Waals surface area contributed by atoms with Crippen LogP contribution in [0.4, 0.5) is 0 Å². The van der Waals surface area contributed by atoms with Gasteiger partial charge in [0.2, 0.25) is 0 Å². The summed E-state index contributed by atoms with van der Waals surface area (Å²) >= 11 is 0. The molecule has 2 unspecified atom stereocenters. The highest BCUT2D eigenvalue weighted by Gasteiger charge is 2.18. The van der Waals surface area contributed by atoms with Crippen molar-refractivity contribution in [3.63, 3.8) is 0 Å². The van der Waals surface area contributed by atoms with Crippen molar-refractivity contribution < 1.29 is 0 Å². The van der Waals surface area contributed by atoms with Gasteiger partial charge in [-0.3, -0.25) is 0 Å². The minimum Gasteiger partial charge on any atom is -0.306 e. The smallest absolute Gasteiger partial charge is 0.0704 e. The summed E-state index contributed by atoms with van der Waals surface area (Å²) in [6.07, 6.45) is 1.16. The molecule has 1 aliphatic rings. The van der Waals surface area contributed by atoms with E-state index >= 15 is 0 Å². The summed E-state index contributed by atoms with van der Waals surface area (Å²) in [7, 11) is 7.97. The molecule has 0 spiro atoms. The van der Waals surface area contributed by atoms with Gasteiger partial charge in [-0.05, 0) is 32.5 Å². The highest BCUT2D eigenvalue weighted by molar-refractivity contribution is 6.11. The van der Waals surface area contributed by atoms with E-state index < -0.39 is 0 Å². The number of hydrogen-bond acceptors (Lipinski definition) is 1. The molecule has 0 N–H and O–H groups in total. The lowest BCUT2D eigenvalue weighted by Gasteiger charge is -2.32. The Labute approximate surface area is 58.8 Å². The second-order valence-corrected chi connectivity index (χ2v) is 3.19. The van der Waals surface area contributed by atoms with Gasteiger partial charge in [0, 0.05) is 0 Å². The predicted octanol–water partition coefficient (Wildman–Crippen LogP) is 0.915. The molecule has 0 bridgehead atoms. The molecule has 1 fully saturated rings. The van der Waals surface area contributed by atoms with Crippen molar-refractivity contribution in [1.29, 1.82) is 0 Å². The Balaban J connectivity index is 2.35. The van der Waals surface area contributed by atoms with Crippen molar-refractivity contribution in [3.05, 3.63) is 0 Å². The first-order valence-corrected chi connectivity index (χ1v) is 3.64. The van der Waals surface area contributed by atoms with E-state index in [0.717, 1.165) is 6.42 Å². The van der Waals surface area contributed by atoms with Crippen molar-refractivity contribution in [2.45, 2.75) is 19.2 Å². The minimum atomic E-state index is 0.446. The van der Waals surface area contributed by atoms with Crippen molar-refractivity contribution in [1.82, 2.24) is 4.90 Å². The SMILES string of the molecule is [B]C1CCN(C)CC1C. The molecule has 50 valence electrons. The molecule has 2 heteroatoms. The molecular weight excluding hydrogens is 109 g/mol. The van der Waals surface area contributed by atoms with Gasteiger partial charge in [0.25, 0.3) is 0 Å². The molecule has 0 aromatic rings. The molecular formula is C7H14BN. The van der Waals surface area contributed by atoms with E-state index in [1.54, 1.807) is 0 Å². The fourth-order valence-electron chi connectivity index (χ4n) is 1.37. The average Bonchev–Trinajstić information content (AvgIpc) is 1.80. The summed E-state index contributed by atoms with van der Waals surface area (Å²) in [4.78, 5) is 2.34. The maximum absolute atomic E-state index is 5.81. The summed E-state index contributed by atoms with van der Waals surface area (Å²) in [6, 6.07) is 0. The van der Waals surface area contributed by atoms with E-state index in [2.05, 4.69) is 18.9 Å². The van der Waals surface area contributed by atoms with Gasteiger partial charge in [0.15, 0.2) is 0 Å². The summed E-state index contributed by atoms with van der Waals surface area (Å²) in [5.41, 5.74) is 0. The van der Waals surface area contributed by atoms with Crippen molar-refractivity contribution in [2.75, 3.05) is 20.1 Å². The zero-order chi connectivity index (χ0) is 6.85. The Hall–Kier alpha value is 0.0249. The summed E-state index contributed by atoms with van der Waals surface area (Å²) in [5, 5.41) is 0. The van der Waals surface area contributed by atoms with Gasteiger partial charge in [-0.2, -0.15) is 0 Å². The third-order valence-electron chi connectivity index (χ3n) is 2.17. The van der Waals surface area contributed by atoms with E-state index in [1.165, 1.54) is 13.1 Å². The second kappa shape index (κ2) is 2.74. The van der Waals surface area contributed by atoms with Gasteiger partial charge >= 0.3 is 0 Å². The van der Waals surface area contributed by atoms with Crippen LogP contribution in [0.15, 0.2) is 0 Å². The second-order valence-electron chi connectivity index (χ2n) is 3.19. The van der Waals surface area contributed by atoms with Gasteiger partial charge in [-0.25, -0.2) is 0 Å². The zero-order valence-corrected chi connectivity index (χ0v) is 6.30. The van der Waals surface area contributed by atoms with Gasteiger partial charge in [-0.1, -0.05) is 12.7 Å². The summed E-state index contributed by atoms with van der Waals surface area (Å²) < 4.78 is 0. The molecule has 2 atom stereocenters. The molecule has 0 aliphatic carbocycles. The Morgan fingerprint density at radius 2 is 2.22 bits per heavy atom. The number of nitrogens with zero attached hydrogens (tertiary/aromatic N) is 1. The first-order valence-electron chi connectivity index (χ1n) is 3.64. The molecule has 0 amide bonds. The quantitative estimate of drug-likeness (QED) is 0.433. The highest BCUT2D eigenvalue weighted by Crippen LogP contribution is 2.23. The van der Waals surface area contributed by atoms with Crippen LogP contribution in [-0.2, 0) is 0 Å². The number of piperidine rings is 1. The Bertz CT molecular complexity index is 94.9. The topological polar surface area (TPSA) is 3.24 Å². The van der Waals surface area contributed by atoms with E-state index in [-0.39, 0.29) is 0 Å². The molecule has 0 aromatic heterocycles. The van der Waals surface area contributed by atoms with Gasteiger partial charge in [-0.15, -0.1) is 0 Å². The lowest BCUT2D eigenvalue weighted by molar-refractivity contribution is 0.222. The normalized spacial score (nSPS) is 38.9. The summed E-state index contributed by atoms with van der Waals surface area (Å²) in [5.74, 6) is 1.13. The maximum atomic E-state index is 5.81. The third-order valence-corrected chi connectivity index (χ3v) is 2.17. The van der Waals surface area contributed by atoms with Gasteiger partial charge in [0.1, 0.15) is 0 Å². The summed E-state index contributed by atoms with van der Waals surface area (Å²) in [6.45, 7) is 4.56. The van der Waals surface area contributed by atoms with Crippen LogP contribution in [0.3, 0.4) is 0 Å². The van der Waals surface area contributed by atoms with Gasteiger partial charge < -0.3 is 4.90 Å². The number of hydrogen-bond donors (Lipinski definition) is 0. The minimum absolute atomic E-state index is 0.446. The Morgan fingerprint density at radius 1 is 1.56 bits per heavy atom. The van der Waals surface area contributed by atoms with Crippen LogP contribution in [0.2, 0.25) is 5.82 Å². The monoisotopic (exact) mass is 123 g/mol. The van der Waals surface area contributed by atoms with E-state index in [0.29, 0.717) is 11.7 Å². The van der Waals surface area contributed by atoms with Gasteiger partial charge in [0.05, 0.1) is 7.85 Å². The Morgan fingerprint density at radius 3 is 2.67 bits per heavy atom. The lowest BCUT2D eigenvalue weighted by Crippen LogP contribution is -2.34. The van der Waals surface area contributed by atoms with Crippen LogP contribution in [0, 0.1) is 5.92 Å². The van der Waals surface area contributed by atoms with Crippen LogP contribution >= 0.6 is 0 Å². The first kappa shape index (κ1) is 7.14. The maximum Gasteiger partial charge on any atom is 0.0704 e. The molecule has 2 radical (unpaired) electrons. The molecule has 1 saturated heterocycles. The fraction of sp³-hybridized carbons (Fsp3) is 1.00. The standard InChI is InChI=1S/C7H14BN/c1-6-5-9(2)4-3-7(6)8/h6-7H,3-5H2,1-2H3. The van der Waals surface area contributed by atoms with Crippen LogP contribution in [-0.4, -0.2) is 32.9 Å². The third kappa shape index (κ3) is 1.72. The van der Waals surface area contributed by atoms with Crippen LogP contribution < -0.4 is 0 Å². The molecule has 0 saturated carbocycles. The fourth-order valence-corrected chi connectivity index (χ4v) is 1.37.